The largest absolute Gasteiger partial charge is 0.380 e. The number of anilines is 1. The van der Waals surface area contributed by atoms with Crippen molar-refractivity contribution in [2.75, 3.05) is 16.8 Å². The predicted octanol–water partition coefficient (Wildman–Crippen LogP) is 2.96. The molecule has 2 rings (SSSR count). The van der Waals surface area contributed by atoms with E-state index in [9.17, 15) is 0 Å². The van der Waals surface area contributed by atoms with Crippen molar-refractivity contribution in [3.63, 3.8) is 0 Å². The van der Waals surface area contributed by atoms with Gasteiger partial charge in [0.05, 0.1) is 11.4 Å². The van der Waals surface area contributed by atoms with E-state index in [-0.39, 0.29) is 0 Å². The second kappa shape index (κ2) is 4.41. The SMILES string of the molecule is Cc1nc(Cl)ccc1NC1CCSC1. The van der Waals surface area contributed by atoms with E-state index in [1.165, 1.54) is 17.9 Å². The lowest BCUT2D eigenvalue weighted by Crippen LogP contribution is -2.18. The molecule has 1 N–H and O–H groups in total. The Bertz CT molecular complexity index is 324. The van der Waals surface area contributed by atoms with E-state index < -0.39 is 0 Å². The predicted molar refractivity (Wildman–Crippen MR) is 63.3 cm³/mol. The maximum absolute atomic E-state index is 5.79. The molecular weight excluding hydrogens is 216 g/mol. The van der Waals surface area contributed by atoms with E-state index in [1.807, 2.05) is 30.8 Å². The maximum atomic E-state index is 5.79. The number of hydrogen-bond donors (Lipinski definition) is 1. The van der Waals surface area contributed by atoms with E-state index in [1.54, 1.807) is 0 Å². The molecule has 0 radical (unpaired) electrons. The average Bonchev–Trinajstić information content (AvgIpc) is 2.62. The summed E-state index contributed by atoms with van der Waals surface area (Å²) < 4.78 is 0. The highest BCUT2D eigenvalue weighted by atomic mass is 35.5. The van der Waals surface area contributed by atoms with Crippen molar-refractivity contribution in [1.29, 1.82) is 0 Å². The molecule has 1 aliphatic rings. The Balaban J connectivity index is 2.08. The Labute approximate surface area is 93.4 Å². The summed E-state index contributed by atoms with van der Waals surface area (Å²) in [5, 5.41) is 4.06. The quantitative estimate of drug-likeness (QED) is 0.788. The number of nitrogens with one attached hydrogen (secondary N) is 1. The molecule has 0 amide bonds. The second-order valence-corrected chi connectivity index (χ2v) is 5.01. The Morgan fingerprint density at radius 3 is 3.07 bits per heavy atom. The molecule has 0 aromatic carbocycles. The molecule has 4 heteroatoms. The summed E-state index contributed by atoms with van der Waals surface area (Å²) in [6.07, 6.45) is 1.24. The van der Waals surface area contributed by atoms with Crippen molar-refractivity contribution in [3.05, 3.63) is 23.0 Å². The summed E-state index contributed by atoms with van der Waals surface area (Å²) in [4.78, 5) is 4.21. The highest BCUT2D eigenvalue weighted by Gasteiger charge is 2.15. The van der Waals surface area contributed by atoms with Crippen LogP contribution in [0, 0.1) is 6.92 Å². The van der Waals surface area contributed by atoms with E-state index in [0.717, 1.165) is 11.4 Å². The first-order valence-corrected chi connectivity index (χ1v) is 6.26. The smallest absolute Gasteiger partial charge is 0.129 e. The normalized spacial score (nSPS) is 21.1. The van der Waals surface area contributed by atoms with Crippen molar-refractivity contribution in [2.45, 2.75) is 19.4 Å². The zero-order valence-electron chi connectivity index (χ0n) is 8.09. The van der Waals surface area contributed by atoms with Crippen molar-refractivity contribution in [3.8, 4) is 0 Å². The van der Waals surface area contributed by atoms with Gasteiger partial charge in [-0.1, -0.05) is 11.6 Å². The minimum absolute atomic E-state index is 0.564. The third kappa shape index (κ3) is 2.34. The van der Waals surface area contributed by atoms with Gasteiger partial charge in [-0.05, 0) is 31.2 Å². The fourth-order valence-electron chi connectivity index (χ4n) is 1.55. The summed E-state index contributed by atoms with van der Waals surface area (Å²) in [6.45, 7) is 1.98. The Morgan fingerprint density at radius 2 is 2.43 bits per heavy atom. The number of thioether (sulfide) groups is 1. The number of aromatic nitrogens is 1. The minimum Gasteiger partial charge on any atom is -0.380 e. The van der Waals surface area contributed by atoms with Crippen molar-refractivity contribution in [1.82, 2.24) is 4.98 Å². The molecular formula is C10H13ClN2S. The molecule has 14 heavy (non-hydrogen) atoms. The zero-order chi connectivity index (χ0) is 9.97. The van der Waals surface area contributed by atoms with Crippen molar-refractivity contribution in [2.24, 2.45) is 0 Å². The molecule has 1 aliphatic heterocycles. The van der Waals surface area contributed by atoms with Gasteiger partial charge < -0.3 is 5.32 Å². The third-order valence-electron chi connectivity index (χ3n) is 2.34. The van der Waals surface area contributed by atoms with Crippen LogP contribution in [-0.2, 0) is 0 Å². The molecule has 1 unspecified atom stereocenters. The molecule has 0 aliphatic carbocycles. The minimum atomic E-state index is 0.564. The van der Waals surface area contributed by atoms with E-state index in [2.05, 4.69) is 10.3 Å². The topological polar surface area (TPSA) is 24.9 Å². The highest BCUT2D eigenvalue weighted by Crippen LogP contribution is 2.23. The monoisotopic (exact) mass is 228 g/mol. The van der Waals surface area contributed by atoms with E-state index in [0.29, 0.717) is 11.2 Å². The van der Waals surface area contributed by atoms with Crippen molar-refractivity contribution < 1.29 is 0 Å². The van der Waals surface area contributed by atoms with Crippen LogP contribution >= 0.6 is 23.4 Å². The number of halogens is 1. The number of rotatable bonds is 2. The molecule has 2 heterocycles. The van der Waals surface area contributed by atoms with Gasteiger partial charge >= 0.3 is 0 Å². The summed E-state index contributed by atoms with van der Waals surface area (Å²) in [7, 11) is 0. The Hall–Kier alpha value is -0.410. The lowest BCUT2D eigenvalue weighted by molar-refractivity contribution is 0.810. The van der Waals surface area contributed by atoms with E-state index >= 15 is 0 Å². The third-order valence-corrected chi connectivity index (χ3v) is 3.71. The van der Waals surface area contributed by atoms with Crippen LogP contribution in [0.1, 0.15) is 12.1 Å². The number of pyridine rings is 1. The van der Waals surface area contributed by atoms with Crippen LogP contribution in [0.3, 0.4) is 0 Å². The molecule has 0 saturated carbocycles. The fourth-order valence-corrected chi connectivity index (χ4v) is 2.89. The molecule has 76 valence electrons. The number of aryl methyl sites for hydroxylation is 1. The van der Waals surface area contributed by atoms with Crippen LogP contribution in [0.25, 0.3) is 0 Å². The summed E-state index contributed by atoms with van der Waals surface area (Å²) in [5.41, 5.74) is 2.09. The average molecular weight is 229 g/mol. The van der Waals surface area contributed by atoms with Gasteiger partial charge in [-0.2, -0.15) is 11.8 Å². The van der Waals surface area contributed by atoms with Crippen LogP contribution in [-0.4, -0.2) is 22.5 Å². The molecule has 0 bridgehead atoms. The van der Waals surface area contributed by atoms with Crippen LogP contribution in [0.2, 0.25) is 5.15 Å². The standard InChI is InChI=1S/C10H13ClN2S/c1-7-9(2-3-10(11)12-7)13-8-4-5-14-6-8/h2-3,8,13H,4-6H2,1H3. The van der Waals surface area contributed by atoms with E-state index in [4.69, 9.17) is 11.6 Å². The first-order chi connectivity index (χ1) is 6.75. The first kappa shape index (κ1) is 10.1. The lowest BCUT2D eigenvalue weighted by atomic mass is 10.2. The number of nitrogens with zero attached hydrogens (tertiary/aromatic N) is 1. The van der Waals surface area contributed by atoms with Crippen LogP contribution < -0.4 is 5.32 Å². The molecule has 0 spiro atoms. The number of hydrogen-bond acceptors (Lipinski definition) is 3. The highest BCUT2D eigenvalue weighted by molar-refractivity contribution is 7.99. The van der Waals surface area contributed by atoms with Gasteiger partial charge in [0.1, 0.15) is 5.15 Å². The molecule has 1 aromatic heterocycles. The second-order valence-electron chi connectivity index (χ2n) is 3.47. The van der Waals surface area contributed by atoms with Gasteiger partial charge in [0.15, 0.2) is 0 Å². The Morgan fingerprint density at radius 1 is 1.57 bits per heavy atom. The molecule has 1 aromatic rings. The van der Waals surface area contributed by atoms with Gasteiger partial charge in [0.25, 0.3) is 0 Å². The zero-order valence-corrected chi connectivity index (χ0v) is 9.66. The lowest BCUT2D eigenvalue weighted by Gasteiger charge is -2.14. The van der Waals surface area contributed by atoms with Crippen LogP contribution in [0.5, 0.6) is 0 Å². The first-order valence-electron chi connectivity index (χ1n) is 4.73. The molecule has 1 saturated heterocycles. The fraction of sp³-hybridized carbons (Fsp3) is 0.500. The van der Waals surface area contributed by atoms with Gasteiger partial charge in [-0.3, -0.25) is 0 Å². The maximum Gasteiger partial charge on any atom is 0.129 e. The molecule has 1 atom stereocenters. The molecule has 1 fully saturated rings. The van der Waals surface area contributed by atoms with Crippen molar-refractivity contribution >= 4 is 29.1 Å². The summed E-state index contributed by atoms with van der Waals surface area (Å²) in [6, 6.07) is 4.44. The van der Waals surface area contributed by atoms with Gasteiger partial charge in [-0.25, -0.2) is 4.98 Å². The van der Waals surface area contributed by atoms with Gasteiger partial charge in [-0.15, -0.1) is 0 Å². The van der Waals surface area contributed by atoms with Crippen LogP contribution in [0.4, 0.5) is 5.69 Å². The van der Waals surface area contributed by atoms with Gasteiger partial charge in [0.2, 0.25) is 0 Å². The van der Waals surface area contributed by atoms with Gasteiger partial charge in [0, 0.05) is 11.8 Å². The summed E-state index contributed by atoms with van der Waals surface area (Å²) in [5.74, 6) is 2.46. The molecule has 2 nitrogen and oxygen atoms in total. The van der Waals surface area contributed by atoms with Crippen LogP contribution in [0.15, 0.2) is 12.1 Å². The Kier molecular flexibility index (Phi) is 3.19. The summed E-state index contributed by atoms with van der Waals surface area (Å²) >= 11 is 7.79.